The molecular formula is C21H25N3O3. The quantitative estimate of drug-likeness (QED) is 0.628. The summed E-state index contributed by atoms with van der Waals surface area (Å²) in [7, 11) is 1.79. The second kappa shape index (κ2) is 8.31. The predicted molar refractivity (Wildman–Crippen MR) is 104 cm³/mol. The highest BCUT2D eigenvalue weighted by molar-refractivity contribution is 5.79. The summed E-state index contributed by atoms with van der Waals surface area (Å²) >= 11 is 0. The van der Waals surface area contributed by atoms with E-state index in [2.05, 4.69) is 39.9 Å². The molecule has 0 saturated carbocycles. The summed E-state index contributed by atoms with van der Waals surface area (Å²) in [4.78, 5) is 4.33. The molecule has 0 bridgehead atoms. The Balaban J connectivity index is 1.30. The van der Waals surface area contributed by atoms with Gasteiger partial charge in [0.2, 0.25) is 6.79 Å². The molecule has 2 unspecified atom stereocenters. The van der Waals surface area contributed by atoms with Crippen molar-refractivity contribution in [3.05, 3.63) is 59.7 Å². The minimum Gasteiger partial charge on any atom is -0.454 e. The third kappa shape index (κ3) is 4.17. The zero-order chi connectivity index (χ0) is 18.5. The van der Waals surface area contributed by atoms with Gasteiger partial charge in [-0.05, 0) is 29.7 Å². The monoisotopic (exact) mass is 367 g/mol. The van der Waals surface area contributed by atoms with Gasteiger partial charge in [0.25, 0.3) is 0 Å². The molecule has 27 heavy (non-hydrogen) atoms. The standard InChI is InChI=1S/C21H25N3O3/c1-22-21(23-12-15-7-8-18-19(11-15)27-14-26-18)24-13-17-9-10-25-20(17)16-5-3-2-4-6-16/h2-8,11,17,20H,9-10,12-14H2,1H3,(H2,22,23,24). The summed E-state index contributed by atoms with van der Waals surface area (Å²) in [6, 6.07) is 16.4. The van der Waals surface area contributed by atoms with E-state index >= 15 is 0 Å². The number of nitrogens with zero attached hydrogens (tertiary/aromatic N) is 1. The van der Waals surface area contributed by atoms with Crippen LogP contribution in [-0.2, 0) is 11.3 Å². The maximum absolute atomic E-state index is 5.96. The number of ether oxygens (including phenoxy) is 3. The van der Waals surface area contributed by atoms with Gasteiger partial charge in [-0.1, -0.05) is 36.4 Å². The summed E-state index contributed by atoms with van der Waals surface area (Å²) < 4.78 is 16.7. The molecule has 2 aromatic rings. The molecule has 142 valence electrons. The number of rotatable bonds is 5. The van der Waals surface area contributed by atoms with Crippen LogP contribution in [0.1, 0.15) is 23.7 Å². The lowest BCUT2D eigenvalue weighted by atomic mass is 9.95. The van der Waals surface area contributed by atoms with Crippen molar-refractivity contribution in [3.8, 4) is 11.5 Å². The third-order valence-corrected chi connectivity index (χ3v) is 4.99. The second-order valence-corrected chi connectivity index (χ2v) is 6.75. The topological polar surface area (TPSA) is 64.1 Å². The molecule has 0 spiro atoms. The lowest BCUT2D eigenvalue weighted by Gasteiger charge is -2.21. The van der Waals surface area contributed by atoms with Gasteiger partial charge in [0.05, 0.1) is 6.10 Å². The van der Waals surface area contributed by atoms with E-state index in [4.69, 9.17) is 14.2 Å². The van der Waals surface area contributed by atoms with E-state index in [1.54, 1.807) is 7.05 Å². The van der Waals surface area contributed by atoms with Crippen molar-refractivity contribution < 1.29 is 14.2 Å². The maximum Gasteiger partial charge on any atom is 0.231 e. The highest BCUT2D eigenvalue weighted by atomic mass is 16.7. The van der Waals surface area contributed by atoms with Crippen molar-refractivity contribution in [3.63, 3.8) is 0 Å². The van der Waals surface area contributed by atoms with Crippen LogP contribution in [-0.4, -0.2) is 33.0 Å². The van der Waals surface area contributed by atoms with Crippen molar-refractivity contribution >= 4 is 5.96 Å². The Morgan fingerprint density at radius 1 is 1.07 bits per heavy atom. The van der Waals surface area contributed by atoms with Gasteiger partial charge in [0.15, 0.2) is 17.5 Å². The van der Waals surface area contributed by atoms with Crippen LogP contribution in [0.4, 0.5) is 0 Å². The smallest absolute Gasteiger partial charge is 0.231 e. The van der Waals surface area contributed by atoms with Crippen LogP contribution < -0.4 is 20.1 Å². The molecule has 2 heterocycles. The summed E-state index contributed by atoms with van der Waals surface area (Å²) in [6.45, 7) is 2.58. The van der Waals surface area contributed by atoms with E-state index in [1.807, 2.05) is 24.3 Å². The van der Waals surface area contributed by atoms with Gasteiger partial charge in [-0.3, -0.25) is 4.99 Å². The Hall–Kier alpha value is -2.73. The summed E-state index contributed by atoms with van der Waals surface area (Å²) in [5, 5.41) is 6.79. The summed E-state index contributed by atoms with van der Waals surface area (Å²) in [6.07, 6.45) is 1.19. The average molecular weight is 367 g/mol. The Bertz CT molecular complexity index is 795. The minimum atomic E-state index is 0.144. The number of guanidine groups is 1. The zero-order valence-corrected chi connectivity index (χ0v) is 15.5. The number of benzene rings is 2. The SMILES string of the molecule is CN=C(NCc1ccc2c(c1)OCO2)NCC1CCOC1c1ccccc1. The molecule has 0 radical (unpaired) electrons. The fourth-order valence-electron chi connectivity index (χ4n) is 3.54. The van der Waals surface area contributed by atoms with Crippen molar-refractivity contribution in [1.82, 2.24) is 10.6 Å². The Labute approximate surface area is 159 Å². The maximum atomic E-state index is 5.96. The first kappa shape index (κ1) is 17.7. The number of fused-ring (bicyclic) bond motifs is 1. The van der Waals surface area contributed by atoms with E-state index in [0.29, 0.717) is 19.3 Å². The fraction of sp³-hybridized carbons (Fsp3) is 0.381. The molecule has 2 aliphatic rings. The molecule has 0 aliphatic carbocycles. The van der Waals surface area contributed by atoms with Gasteiger partial charge in [-0.2, -0.15) is 0 Å². The summed E-state index contributed by atoms with van der Waals surface area (Å²) in [5.74, 6) is 2.81. The molecular weight excluding hydrogens is 342 g/mol. The number of hydrogen-bond donors (Lipinski definition) is 2. The lowest BCUT2D eigenvalue weighted by Crippen LogP contribution is -2.39. The molecule has 0 amide bonds. The van der Waals surface area contributed by atoms with E-state index < -0.39 is 0 Å². The van der Waals surface area contributed by atoms with Gasteiger partial charge >= 0.3 is 0 Å². The molecule has 6 heteroatoms. The first-order valence-corrected chi connectivity index (χ1v) is 9.33. The molecule has 1 fully saturated rings. The van der Waals surface area contributed by atoms with Crippen LogP contribution in [0.2, 0.25) is 0 Å². The van der Waals surface area contributed by atoms with E-state index in [1.165, 1.54) is 5.56 Å². The molecule has 2 N–H and O–H groups in total. The van der Waals surface area contributed by atoms with Crippen molar-refractivity contribution in [1.29, 1.82) is 0 Å². The number of hydrogen-bond acceptors (Lipinski definition) is 4. The highest BCUT2D eigenvalue weighted by Gasteiger charge is 2.29. The predicted octanol–water partition coefficient (Wildman–Crippen LogP) is 2.86. The number of aliphatic imine (C=N–C) groups is 1. The molecule has 2 atom stereocenters. The van der Waals surface area contributed by atoms with Crippen LogP contribution in [0.15, 0.2) is 53.5 Å². The molecule has 6 nitrogen and oxygen atoms in total. The minimum absolute atomic E-state index is 0.144. The van der Waals surface area contributed by atoms with Crippen molar-refractivity contribution in [2.24, 2.45) is 10.9 Å². The Kier molecular flexibility index (Phi) is 5.44. The fourth-order valence-corrected chi connectivity index (χ4v) is 3.54. The van der Waals surface area contributed by atoms with Gasteiger partial charge < -0.3 is 24.8 Å². The van der Waals surface area contributed by atoms with Gasteiger partial charge in [-0.15, -0.1) is 0 Å². The largest absolute Gasteiger partial charge is 0.454 e. The normalized spacial score (nSPS) is 21.3. The van der Waals surface area contributed by atoms with Gasteiger partial charge in [0.1, 0.15) is 0 Å². The van der Waals surface area contributed by atoms with Gasteiger partial charge in [-0.25, -0.2) is 0 Å². The van der Waals surface area contributed by atoms with Crippen molar-refractivity contribution in [2.45, 2.75) is 19.1 Å². The molecule has 2 aliphatic heterocycles. The van der Waals surface area contributed by atoms with E-state index in [-0.39, 0.29) is 6.10 Å². The van der Waals surface area contributed by atoms with E-state index in [9.17, 15) is 0 Å². The highest BCUT2D eigenvalue weighted by Crippen LogP contribution is 2.34. The number of nitrogens with one attached hydrogen (secondary N) is 2. The van der Waals surface area contributed by atoms with Crippen LogP contribution in [0.3, 0.4) is 0 Å². The lowest BCUT2D eigenvalue weighted by molar-refractivity contribution is 0.0915. The molecule has 1 saturated heterocycles. The van der Waals surface area contributed by atoms with E-state index in [0.717, 1.165) is 42.6 Å². The average Bonchev–Trinajstić information content (AvgIpc) is 3.37. The second-order valence-electron chi connectivity index (χ2n) is 6.75. The van der Waals surface area contributed by atoms with Crippen LogP contribution in [0, 0.1) is 5.92 Å². The van der Waals surface area contributed by atoms with Crippen molar-refractivity contribution in [2.75, 3.05) is 27.0 Å². The first-order chi connectivity index (χ1) is 13.3. The first-order valence-electron chi connectivity index (χ1n) is 9.33. The third-order valence-electron chi connectivity index (χ3n) is 4.99. The Morgan fingerprint density at radius 2 is 1.93 bits per heavy atom. The zero-order valence-electron chi connectivity index (χ0n) is 15.5. The van der Waals surface area contributed by atoms with Gasteiger partial charge in [0, 0.05) is 32.7 Å². The molecule has 0 aromatic heterocycles. The van der Waals surface area contributed by atoms with Crippen LogP contribution in [0.25, 0.3) is 0 Å². The van der Waals surface area contributed by atoms with Crippen LogP contribution >= 0.6 is 0 Å². The molecule has 2 aromatic carbocycles. The van der Waals surface area contributed by atoms with Crippen LogP contribution in [0.5, 0.6) is 11.5 Å². The molecule has 4 rings (SSSR count). The Morgan fingerprint density at radius 3 is 2.78 bits per heavy atom. The summed E-state index contributed by atoms with van der Waals surface area (Å²) in [5.41, 5.74) is 2.36.